The molecule has 6 fully saturated rings. The van der Waals surface area contributed by atoms with Gasteiger partial charge in [-0.2, -0.15) is 0 Å². The molecular weight excluding hydrogens is 438 g/mol. The molecule has 1 saturated heterocycles. The smallest absolute Gasteiger partial charge is 0.302 e. The fourth-order valence-electron chi connectivity index (χ4n) is 11.0. The van der Waals surface area contributed by atoms with Crippen molar-refractivity contribution in [1.29, 1.82) is 0 Å². The number of piperidine rings is 1. The number of hydrogen-bond acceptors (Lipinski definition) is 8. The van der Waals surface area contributed by atoms with Crippen LogP contribution in [0.25, 0.3) is 0 Å². The number of aliphatic hydroxyl groups is 2. The molecule has 1 heterocycles. The number of esters is 1. The molecular formula is C26H41NO7. The second-order valence-electron chi connectivity index (χ2n) is 12.1. The Bertz CT molecular complexity index is 855. The average molecular weight is 480 g/mol. The average Bonchev–Trinajstić information content (AvgIpc) is 3.23. The van der Waals surface area contributed by atoms with Crippen LogP contribution in [0.2, 0.25) is 0 Å². The Morgan fingerprint density at radius 1 is 1.15 bits per heavy atom. The van der Waals surface area contributed by atoms with Crippen LogP contribution in [0.5, 0.6) is 0 Å². The summed E-state index contributed by atoms with van der Waals surface area (Å²) in [5.41, 5.74) is -1.66. The predicted molar refractivity (Wildman–Crippen MR) is 122 cm³/mol. The number of hydrogen-bond donors (Lipinski definition) is 2. The van der Waals surface area contributed by atoms with Gasteiger partial charge in [-0.25, -0.2) is 0 Å². The molecule has 6 rings (SSSR count). The van der Waals surface area contributed by atoms with Gasteiger partial charge in [0, 0.05) is 81.8 Å². The topological polar surface area (TPSA) is 97.7 Å². The van der Waals surface area contributed by atoms with Gasteiger partial charge >= 0.3 is 5.97 Å². The van der Waals surface area contributed by atoms with Crippen molar-refractivity contribution >= 4 is 5.97 Å². The monoisotopic (exact) mass is 479 g/mol. The van der Waals surface area contributed by atoms with Crippen LogP contribution in [0.15, 0.2) is 0 Å². The van der Waals surface area contributed by atoms with Gasteiger partial charge in [-0.1, -0.05) is 6.92 Å². The molecule has 0 amide bonds. The Labute approximate surface area is 202 Å². The standard InChI is InChI=1S/C26H41NO7/c1-6-27-11-24(12-31-3)8-7-17(29)26-15-9-14-16(32-4)10-25(30,18(15)20(14)34-13(2)28)19(23(26)27)21(33-5)22(24)26/h14-23,29-30H,6-12H2,1-5H3/t14-,15+,16-,17-,18+,19+,20-,21-,22+,23+,24-,25+,26-/m0/s1. The van der Waals surface area contributed by atoms with Gasteiger partial charge in [-0.05, 0) is 31.7 Å². The van der Waals surface area contributed by atoms with Gasteiger partial charge in [0.05, 0.1) is 30.5 Å². The van der Waals surface area contributed by atoms with Gasteiger partial charge in [0.15, 0.2) is 0 Å². The molecule has 0 aromatic rings. The summed E-state index contributed by atoms with van der Waals surface area (Å²) in [5.74, 6) is -0.586. The number of ether oxygens (including phenoxy) is 4. The van der Waals surface area contributed by atoms with Crippen LogP contribution < -0.4 is 0 Å². The summed E-state index contributed by atoms with van der Waals surface area (Å²) in [7, 11) is 5.23. The van der Waals surface area contributed by atoms with E-state index in [2.05, 4.69) is 11.8 Å². The quantitative estimate of drug-likeness (QED) is 0.546. The van der Waals surface area contributed by atoms with Gasteiger partial charge in [-0.3, -0.25) is 9.69 Å². The van der Waals surface area contributed by atoms with Crippen LogP contribution in [0.4, 0.5) is 0 Å². The molecule has 0 unspecified atom stereocenters. The Morgan fingerprint density at radius 2 is 1.91 bits per heavy atom. The summed E-state index contributed by atoms with van der Waals surface area (Å²) in [5, 5.41) is 24.7. The van der Waals surface area contributed by atoms with Crippen LogP contribution >= 0.6 is 0 Å². The van der Waals surface area contributed by atoms with E-state index in [0.29, 0.717) is 13.0 Å². The summed E-state index contributed by atoms with van der Waals surface area (Å²) in [6.07, 6.45) is 1.64. The first kappa shape index (κ1) is 23.6. The summed E-state index contributed by atoms with van der Waals surface area (Å²) >= 11 is 0. The highest BCUT2D eigenvalue weighted by Crippen LogP contribution is 2.79. The van der Waals surface area contributed by atoms with E-state index in [1.165, 1.54) is 6.92 Å². The maximum Gasteiger partial charge on any atom is 0.302 e. The molecule has 5 aliphatic carbocycles. The second kappa shape index (κ2) is 7.62. The van der Waals surface area contributed by atoms with Gasteiger partial charge < -0.3 is 29.2 Å². The molecule has 6 aliphatic rings. The maximum absolute atomic E-state index is 12.7. The normalized spacial score (nSPS) is 57.0. The molecule has 0 aromatic heterocycles. The van der Waals surface area contributed by atoms with Crippen molar-refractivity contribution in [2.75, 3.05) is 41.0 Å². The lowest BCUT2D eigenvalue weighted by atomic mass is 9.43. The highest BCUT2D eigenvalue weighted by Gasteiger charge is 2.86. The highest BCUT2D eigenvalue weighted by atomic mass is 16.5. The molecule has 1 spiro atoms. The zero-order chi connectivity index (χ0) is 24.2. The lowest BCUT2D eigenvalue weighted by Crippen LogP contribution is -2.76. The van der Waals surface area contributed by atoms with E-state index in [1.807, 2.05) is 0 Å². The molecule has 13 atom stereocenters. The maximum atomic E-state index is 12.7. The zero-order valence-corrected chi connectivity index (χ0v) is 21.1. The van der Waals surface area contributed by atoms with Gasteiger partial charge in [0.2, 0.25) is 0 Å². The third-order valence-corrected chi connectivity index (χ3v) is 11.4. The SMILES string of the molecule is CCN1C[C@]2(COC)CC[C@H](O)[C@@]34[C@@H]5C[C@@H]6[C@H](OC(C)=O)[C@@H]5[C@](O)(C[C@@H]6OC)[C@H]([C@H](OC)[C@H]23)[C@@H]14. The minimum absolute atomic E-state index is 0.0197. The van der Waals surface area contributed by atoms with Crippen LogP contribution in [-0.4, -0.2) is 98.2 Å². The number of fused-ring (bicyclic) bond motifs is 2. The van der Waals surface area contributed by atoms with Crippen LogP contribution in [0.3, 0.4) is 0 Å². The van der Waals surface area contributed by atoms with Crippen molar-refractivity contribution in [3.05, 3.63) is 0 Å². The van der Waals surface area contributed by atoms with Crippen molar-refractivity contribution in [2.45, 2.75) is 75.6 Å². The number of rotatable bonds is 6. The van der Waals surface area contributed by atoms with Crippen LogP contribution in [-0.2, 0) is 23.7 Å². The number of aliphatic hydroxyl groups excluding tert-OH is 1. The molecule has 2 N–H and O–H groups in total. The predicted octanol–water partition coefficient (Wildman–Crippen LogP) is 1.07. The third-order valence-electron chi connectivity index (χ3n) is 11.4. The summed E-state index contributed by atoms with van der Waals surface area (Å²) in [4.78, 5) is 14.7. The molecule has 5 saturated carbocycles. The number of nitrogens with zero attached hydrogens (tertiary/aromatic N) is 1. The van der Waals surface area contributed by atoms with E-state index >= 15 is 0 Å². The van der Waals surface area contributed by atoms with Crippen molar-refractivity contribution in [1.82, 2.24) is 4.90 Å². The first-order valence-electron chi connectivity index (χ1n) is 13.1. The minimum atomic E-state index is -1.09. The molecule has 7 bridgehead atoms. The third kappa shape index (κ3) is 2.48. The van der Waals surface area contributed by atoms with E-state index in [9.17, 15) is 15.0 Å². The van der Waals surface area contributed by atoms with Crippen molar-refractivity contribution in [2.24, 2.45) is 40.4 Å². The van der Waals surface area contributed by atoms with E-state index in [4.69, 9.17) is 18.9 Å². The molecule has 192 valence electrons. The lowest BCUT2D eigenvalue weighted by Gasteiger charge is -2.68. The number of likely N-dealkylation sites (tertiary alicyclic amines) is 1. The minimum Gasteiger partial charge on any atom is -0.462 e. The Morgan fingerprint density at radius 3 is 2.53 bits per heavy atom. The highest BCUT2D eigenvalue weighted by molar-refractivity contribution is 5.66. The van der Waals surface area contributed by atoms with Crippen molar-refractivity contribution < 1.29 is 34.0 Å². The van der Waals surface area contributed by atoms with E-state index in [1.54, 1.807) is 21.3 Å². The zero-order valence-electron chi connectivity index (χ0n) is 21.1. The number of methoxy groups -OCH3 is 3. The lowest BCUT2D eigenvalue weighted by molar-refractivity contribution is -0.274. The molecule has 1 aliphatic heterocycles. The van der Waals surface area contributed by atoms with E-state index < -0.39 is 23.2 Å². The summed E-state index contributed by atoms with van der Waals surface area (Å²) in [6.45, 7) is 6.00. The molecule has 8 heteroatoms. The molecule has 0 radical (unpaired) electrons. The Balaban J connectivity index is 1.61. The first-order chi connectivity index (χ1) is 16.2. The number of carbonyl (C=O) groups excluding carboxylic acids is 1. The fourth-order valence-corrected chi connectivity index (χ4v) is 11.0. The van der Waals surface area contributed by atoms with Gasteiger partial charge in [-0.15, -0.1) is 0 Å². The van der Waals surface area contributed by atoms with Crippen LogP contribution in [0.1, 0.15) is 39.5 Å². The number of carbonyl (C=O) groups is 1. The fraction of sp³-hybridized carbons (Fsp3) is 0.962. The van der Waals surface area contributed by atoms with Crippen molar-refractivity contribution in [3.63, 3.8) is 0 Å². The van der Waals surface area contributed by atoms with E-state index in [0.717, 1.165) is 32.4 Å². The molecule has 34 heavy (non-hydrogen) atoms. The first-order valence-corrected chi connectivity index (χ1v) is 13.1. The largest absolute Gasteiger partial charge is 0.462 e. The molecule has 0 aromatic carbocycles. The second-order valence-corrected chi connectivity index (χ2v) is 12.1. The Hall–Kier alpha value is -0.770. The van der Waals surface area contributed by atoms with Gasteiger partial charge in [0.1, 0.15) is 6.10 Å². The summed E-state index contributed by atoms with van der Waals surface area (Å²) < 4.78 is 24.1. The summed E-state index contributed by atoms with van der Waals surface area (Å²) in [6, 6.07) is 0.0197. The van der Waals surface area contributed by atoms with Gasteiger partial charge in [0.25, 0.3) is 0 Å². The Kier molecular flexibility index (Phi) is 5.29. The van der Waals surface area contributed by atoms with Crippen molar-refractivity contribution in [3.8, 4) is 0 Å². The van der Waals surface area contributed by atoms with E-state index in [-0.39, 0.29) is 59.2 Å². The molecule has 8 nitrogen and oxygen atoms in total. The van der Waals surface area contributed by atoms with Crippen LogP contribution in [0, 0.1) is 40.4 Å².